The number of carbonyl (C=O) groups excluding carboxylic acids is 1. The second kappa shape index (κ2) is 7.92. The minimum Gasteiger partial charge on any atom is -0.438 e. The van der Waals surface area contributed by atoms with Gasteiger partial charge in [0.15, 0.2) is 9.84 Å². The predicted molar refractivity (Wildman–Crippen MR) is 104 cm³/mol. The molecule has 0 bridgehead atoms. The minimum atomic E-state index is -3.25. The Bertz CT molecular complexity index is 969. The predicted octanol–water partition coefficient (Wildman–Crippen LogP) is 3.04. The maximum atomic E-state index is 12.8. The van der Waals surface area contributed by atoms with Crippen LogP contribution >= 0.6 is 0 Å². The van der Waals surface area contributed by atoms with Gasteiger partial charge in [0.05, 0.1) is 0 Å². The molecular weight excluding hydrogens is 364 g/mol. The molecule has 1 amide bonds. The van der Waals surface area contributed by atoms with Crippen LogP contribution in [0.5, 0.6) is 11.6 Å². The van der Waals surface area contributed by atoms with Crippen molar-refractivity contribution in [3.05, 3.63) is 64.7 Å². The number of aromatic nitrogens is 1. The minimum absolute atomic E-state index is 0.263. The average molecular weight is 386 g/mol. The molecule has 1 aromatic carbocycles. The highest BCUT2D eigenvalue weighted by Crippen LogP contribution is 2.29. The zero-order valence-corrected chi connectivity index (χ0v) is 16.1. The van der Waals surface area contributed by atoms with Crippen LogP contribution < -0.4 is 10.1 Å². The second-order valence-corrected chi connectivity index (χ2v) is 8.57. The first kappa shape index (κ1) is 19.1. The Labute approximate surface area is 159 Å². The molecular formula is C20H22N2O4S. The first-order valence-corrected chi connectivity index (χ1v) is 10.7. The van der Waals surface area contributed by atoms with Crippen LogP contribution in [0.1, 0.15) is 35.0 Å². The molecule has 0 fully saturated rings. The van der Waals surface area contributed by atoms with E-state index in [0.717, 1.165) is 42.2 Å². The van der Waals surface area contributed by atoms with Crippen molar-refractivity contribution in [1.82, 2.24) is 10.3 Å². The number of carbonyl (C=O) groups is 1. The maximum absolute atomic E-state index is 12.8. The van der Waals surface area contributed by atoms with Crippen LogP contribution in [0.3, 0.4) is 0 Å². The summed E-state index contributed by atoms with van der Waals surface area (Å²) >= 11 is 0. The highest BCUT2D eigenvalue weighted by molar-refractivity contribution is 7.93. The summed E-state index contributed by atoms with van der Waals surface area (Å²) in [7, 11) is -3.25. The van der Waals surface area contributed by atoms with Crippen molar-refractivity contribution in [3.8, 4) is 11.6 Å². The van der Waals surface area contributed by atoms with Crippen LogP contribution in [0.15, 0.2) is 47.9 Å². The van der Waals surface area contributed by atoms with Gasteiger partial charge in [-0.25, -0.2) is 13.4 Å². The number of nitrogens with one attached hydrogen (secondary N) is 1. The van der Waals surface area contributed by atoms with Crippen LogP contribution in [0.2, 0.25) is 0 Å². The summed E-state index contributed by atoms with van der Waals surface area (Å²) in [4.78, 5) is 17.3. The third kappa shape index (κ3) is 5.17. The smallest absolute Gasteiger partial charge is 0.257 e. The Morgan fingerprint density at radius 2 is 2.00 bits per heavy atom. The van der Waals surface area contributed by atoms with Gasteiger partial charge >= 0.3 is 0 Å². The van der Waals surface area contributed by atoms with Crippen molar-refractivity contribution in [2.24, 2.45) is 0 Å². The molecule has 1 atom stereocenters. The van der Waals surface area contributed by atoms with Gasteiger partial charge in [0.25, 0.3) is 5.91 Å². The third-order valence-corrected chi connectivity index (χ3v) is 4.84. The van der Waals surface area contributed by atoms with Crippen molar-refractivity contribution in [1.29, 1.82) is 0 Å². The summed E-state index contributed by atoms with van der Waals surface area (Å²) < 4.78 is 28.4. The lowest BCUT2D eigenvalue weighted by atomic mass is 10.1. The maximum Gasteiger partial charge on any atom is 0.257 e. The molecule has 7 heteroatoms. The molecule has 1 heterocycles. The lowest BCUT2D eigenvalue weighted by Gasteiger charge is -2.14. The number of aryl methyl sites for hydroxylation is 2. The number of sulfone groups is 1. The molecule has 1 aromatic heterocycles. The second-order valence-electron chi connectivity index (χ2n) is 6.64. The molecule has 1 aliphatic rings. The fraction of sp³-hybridized carbons (Fsp3) is 0.300. The van der Waals surface area contributed by atoms with Gasteiger partial charge < -0.3 is 10.1 Å². The van der Waals surface area contributed by atoms with E-state index in [4.69, 9.17) is 4.74 Å². The Balaban J connectivity index is 1.86. The highest BCUT2D eigenvalue weighted by Gasteiger charge is 2.22. The number of hydrogen-bond acceptors (Lipinski definition) is 5. The molecule has 1 aliphatic carbocycles. The summed E-state index contributed by atoms with van der Waals surface area (Å²) in [5.74, 6) is 0.509. The number of benzene rings is 1. The van der Waals surface area contributed by atoms with E-state index in [0.29, 0.717) is 11.3 Å². The monoisotopic (exact) mass is 386 g/mol. The van der Waals surface area contributed by atoms with Gasteiger partial charge in [-0.2, -0.15) is 0 Å². The summed E-state index contributed by atoms with van der Waals surface area (Å²) in [5.41, 5.74) is 2.36. The van der Waals surface area contributed by atoms with Gasteiger partial charge in [-0.3, -0.25) is 4.79 Å². The molecule has 0 saturated heterocycles. The summed E-state index contributed by atoms with van der Waals surface area (Å²) in [6.07, 6.45) is 5.30. The van der Waals surface area contributed by atoms with Crippen LogP contribution in [-0.4, -0.2) is 31.6 Å². The van der Waals surface area contributed by atoms with Crippen molar-refractivity contribution < 1.29 is 17.9 Å². The lowest BCUT2D eigenvalue weighted by molar-refractivity contribution is 0.0944. The van der Waals surface area contributed by atoms with E-state index in [-0.39, 0.29) is 11.8 Å². The molecule has 0 saturated carbocycles. The Kier molecular flexibility index (Phi) is 5.60. The number of nitrogens with zero attached hydrogens (tertiary/aromatic N) is 1. The van der Waals surface area contributed by atoms with Crippen molar-refractivity contribution in [3.63, 3.8) is 0 Å². The highest BCUT2D eigenvalue weighted by atomic mass is 32.2. The van der Waals surface area contributed by atoms with Gasteiger partial charge in [-0.1, -0.05) is 24.3 Å². The third-order valence-electron chi connectivity index (χ3n) is 4.19. The van der Waals surface area contributed by atoms with E-state index >= 15 is 0 Å². The molecule has 3 rings (SSSR count). The van der Waals surface area contributed by atoms with Gasteiger partial charge in [-0.15, -0.1) is 0 Å². The van der Waals surface area contributed by atoms with Gasteiger partial charge in [-0.05, 0) is 49.9 Å². The van der Waals surface area contributed by atoms with E-state index in [9.17, 15) is 13.2 Å². The molecule has 1 N–H and O–H groups in total. The van der Waals surface area contributed by atoms with E-state index in [1.807, 2.05) is 24.3 Å². The standard InChI is InChI=1S/C20H22N2O4S/c1-14(11-12-27(2,24)25)21-19(23)17-13-15-7-6-10-18(15)22-20(17)26-16-8-4-3-5-9-16/h3-5,8-9,11-14H,6-7,10H2,1-2H3,(H,21,23)/b12-11+/t14-/m0/s1. The van der Waals surface area contributed by atoms with Crippen LogP contribution in [0, 0.1) is 0 Å². The largest absolute Gasteiger partial charge is 0.438 e. The normalized spacial score (nSPS) is 14.7. The zero-order valence-electron chi connectivity index (χ0n) is 15.3. The molecule has 2 aromatic rings. The zero-order chi connectivity index (χ0) is 19.4. The number of rotatable bonds is 6. The number of para-hydroxylation sites is 1. The molecule has 6 nitrogen and oxygen atoms in total. The summed E-state index contributed by atoms with van der Waals surface area (Å²) in [6, 6.07) is 10.6. The van der Waals surface area contributed by atoms with E-state index < -0.39 is 15.9 Å². The summed E-state index contributed by atoms with van der Waals surface area (Å²) in [6.45, 7) is 1.71. The molecule has 142 valence electrons. The molecule has 0 radical (unpaired) electrons. The van der Waals surface area contributed by atoms with Crippen LogP contribution in [-0.2, 0) is 22.7 Å². The van der Waals surface area contributed by atoms with Gasteiger partial charge in [0.1, 0.15) is 11.3 Å². The van der Waals surface area contributed by atoms with E-state index in [2.05, 4.69) is 10.3 Å². The molecule has 0 aliphatic heterocycles. The van der Waals surface area contributed by atoms with Crippen LogP contribution in [0.4, 0.5) is 0 Å². The quantitative estimate of drug-likeness (QED) is 0.825. The first-order chi connectivity index (χ1) is 12.8. The first-order valence-electron chi connectivity index (χ1n) is 8.76. The Morgan fingerprint density at radius 3 is 2.70 bits per heavy atom. The van der Waals surface area contributed by atoms with Crippen molar-refractivity contribution in [2.45, 2.75) is 32.2 Å². The lowest BCUT2D eigenvalue weighted by Crippen LogP contribution is -2.31. The fourth-order valence-corrected chi connectivity index (χ4v) is 3.41. The van der Waals surface area contributed by atoms with Crippen LogP contribution in [0.25, 0.3) is 0 Å². The molecule has 0 unspecified atom stereocenters. The topological polar surface area (TPSA) is 85.4 Å². The van der Waals surface area contributed by atoms with Crippen molar-refractivity contribution >= 4 is 15.7 Å². The molecule has 27 heavy (non-hydrogen) atoms. The van der Waals surface area contributed by atoms with Gasteiger partial charge in [0, 0.05) is 23.4 Å². The Morgan fingerprint density at radius 1 is 1.26 bits per heavy atom. The number of amides is 1. The number of pyridine rings is 1. The van der Waals surface area contributed by atoms with E-state index in [1.165, 1.54) is 6.08 Å². The van der Waals surface area contributed by atoms with Gasteiger partial charge in [0.2, 0.25) is 5.88 Å². The number of fused-ring (bicyclic) bond motifs is 1. The average Bonchev–Trinajstić information content (AvgIpc) is 3.07. The fourth-order valence-electron chi connectivity index (χ4n) is 2.89. The number of hydrogen-bond donors (Lipinski definition) is 1. The summed E-state index contributed by atoms with van der Waals surface area (Å²) in [5, 5.41) is 3.86. The van der Waals surface area contributed by atoms with E-state index in [1.54, 1.807) is 19.1 Å². The van der Waals surface area contributed by atoms with Crippen molar-refractivity contribution in [2.75, 3.05) is 6.26 Å². The molecule has 0 spiro atoms. The SMILES string of the molecule is C[C@@H](/C=C/S(C)(=O)=O)NC(=O)c1cc2c(nc1Oc1ccccc1)CCC2. The number of ether oxygens (including phenoxy) is 1. The Hall–Kier alpha value is -2.67.